The molecule has 0 radical (unpaired) electrons. The van der Waals surface area contributed by atoms with Crippen molar-refractivity contribution in [3.05, 3.63) is 90.3 Å². The van der Waals surface area contributed by atoms with Gasteiger partial charge in [0.15, 0.2) is 9.84 Å². The fraction of sp³-hybridized carbons (Fsp3) is 0.182. The summed E-state index contributed by atoms with van der Waals surface area (Å²) in [6.07, 6.45) is 3.27. The number of hydrogen-bond acceptors (Lipinski definition) is 5. The van der Waals surface area contributed by atoms with Crippen LogP contribution in [0.1, 0.15) is 16.4 Å². The number of methoxy groups -OCH3 is 1. The Labute approximate surface area is 170 Å². The summed E-state index contributed by atoms with van der Waals surface area (Å²) in [6, 6.07) is 18.9. The van der Waals surface area contributed by atoms with Crippen LogP contribution in [0.3, 0.4) is 0 Å². The SMILES string of the molecule is COc1ccc(S(=O)(=O)[C@H](CNC(=O)Cc2ccccc2)c2cccnc2)cc1. The maximum atomic E-state index is 13.3. The van der Waals surface area contributed by atoms with Crippen molar-refractivity contribution in [2.45, 2.75) is 16.6 Å². The minimum atomic E-state index is -3.76. The second kappa shape index (κ2) is 9.34. The monoisotopic (exact) mass is 410 g/mol. The molecule has 29 heavy (non-hydrogen) atoms. The molecule has 1 atom stereocenters. The summed E-state index contributed by atoms with van der Waals surface area (Å²) >= 11 is 0. The molecule has 0 fully saturated rings. The first-order valence-electron chi connectivity index (χ1n) is 9.09. The number of sulfone groups is 1. The standard InChI is InChI=1S/C22H22N2O4S/c1-28-19-9-11-20(12-10-19)29(26,27)21(18-8-5-13-23-15-18)16-24-22(25)14-17-6-3-2-4-7-17/h2-13,15,21H,14,16H2,1H3,(H,24,25)/t21-/m1/s1. The molecule has 3 rings (SSSR count). The first kappa shape index (κ1) is 20.5. The van der Waals surface area contributed by atoms with Gasteiger partial charge < -0.3 is 10.1 Å². The van der Waals surface area contributed by atoms with Crippen LogP contribution in [0.5, 0.6) is 5.75 Å². The maximum absolute atomic E-state index is 13.3. The minimum Gasteiger partial charge on any atom is -0.497 e. The maximum Gasteiger partial charge on any atom is 0.224 e. The Morgan fingerprint density at radius 2 is 1.76 bits per heavy atom. The predicted octanol–water partition coefficient (Wildman–Crippen LogP) is 2.96. The Kier molecular flexibility index (Phi) is 6.61. The number of aromatic nitrogens is 1. The van der Waals surface area contributed by atoms with Crippen LogP contribution in [-0.4, -0.2) is 33.0 Å². The highest BCUT2D eigenvalue weighted by molar-refractivity contribution is 7.91. The summed E-state index contributed by atoms with van der Waals surface area (Å²) in [7, 11) is -2.24. The molecule has 1 N–H and O–H groups in total. The number of rotatable bonds is 8. The number of carbonyl (C=O) groups excluding carboxylic acids is 1. The Bertz CT molecular complexity index is 1040. The predicted molar refractivity (Wildman–Crippen MR) is 110 cm³/mol. The third kappa shape index (κ3) is 5.20. The summed E-state index contributed by atoms with van der Waals surface area (Å²) < 4.78 is 31.7. The average molecular weight is 410 g/mol. The molecule has 1 amide bonds. The van der Waals surface area contributed by atoms with E-state index in [-0.39, 0.29) is 23.8 Å². The molecule has 0 unspecified atom stereocenters. The number of ether oxygens (including phenoxy) is 1. The van der Waals surface area contributed by atoms with Crippen molar-refractivity contribution in [1.29, 1.82) is 0 Å². The van der Waals surface area contributed by atoms with Crippen LogP contribution in [0.2, 0.25) is 0 Å². The van der Waals surface area contributed by atoms with Gasteiger partial charge in [-0.15, -0.1) is 0 Å². The van der Waals surface area contributed by atoms with Gasteiger partial charge in [0.2, 0.25) is 5.91 Å². The summed E-state index contributed by atoms with van der Waals surface area (Å²) in [6.45, 7) is -0.0499. The van der Waals surface area contributed by atoms with Crippen molar-refractivity contribution in [1.82, 2.24) is 10.3 Å². The van der Waals surface area contributed by atoms with E-state index in [0.29, 0.717) is 11.3 Å². The molecular formula is C22H22N2O4S. The number of pyridine rings is 1. The van der Waals surface area contributed by atoms with Gasteiger partial charge in [-0.1, -0.05) is 36.4 Å². The summed E-state index contributed by atoms with van der Waals surface area (Å²) in [5, 5.41) is 1.80. The van der Waals surface area contributed by atoms with Crippen LogP contribution in [0.4, 0.5) is 0 Å². The van der Waals surface area contributed by atoms with Crippen LogP contribution >= 0.6 is 0 Å². The molecule has 0 aliphatic carbocycles. The highest BCUT2D eigenvalue weighted by Crippen LogP contribution is 2.29. The zero-order valence-electron chi connectivity index (χ0n) is 16.0. The molecule has 3 aromatic rings. The van der Waals surface area contributed by atoms with Gasteiger partial charge in [0, 0.05) is 18.9 Å². The van der Waals surface area contributed by atoms with Crippen LogP contribution in [0, 0.1) is 0 Å². The fourth-order valence-electron chi connectivity index (χ4n) is 2.95. The van der Waals surface area contributed by atoms with E-state index in [1.165, 1.54) is 25.4 Å². The quantitative estimate of drug-likeness (QED) is 0.617. The number of carbonyl (C=O) groups is 1. The average Bonchev–Trinajstić information content (AvgIpc) is 2.75. The fourth-order valence-corrected chi connectivity index (χ4v) is 4.60. The second-order valence-electron chi connectivity index (χ2n) is 6.46. The molecule has 150 valence electrons. The van der Waals surface area contributed by atoms with E-state index >= 15 is 0 Å². The molecule has 0 aliphatic rings. The van der Waals surface area contributed by atoms with Crippen LogP contribution < -0.4 is 10.1 Å². The highest BCUT2D eigenvalue weighted by atomic mass is 32.2. The van der Waals surface area contributed by atoms with Gasteiger partial charge in [-0.3, -0.25) is 9.78 Å². The molecule has 6 nitrogen and oxygen atoms in total. The number of nitrogens with zero attached hydrogens (tertiary/aromatic N) is 1. The van der Waals surface area contributed by atoms with Crippen molar-refractivity contribution in [2.75, 3.05) is 13.7 Å². The van der Waals surface area contributed by atoms with E-state index < -0.39 is 15.1 Å². The molecule has 0 aliphatic heterocycles. The molecular weight excluding hydrogens is 388 g/mol. The van der Waals surface area contributed by atoms with E-state index in [9.17, 15) is 13.2 Å². The highest BCUT2D eigenvalue weighted by Gasteiger charge is 2.30. The molecule has 7 heteroatoms. The Morgan fingerprint density at radius 1 is 1.03 bits per heavy atom. The van der Waals surface area contributed by atoms with E-state index in [0.717, 1.165) is 5.56 Å². The molecule has 0 saturated heterocycles. The third-order valence-corrected chi connectivity index (χ3v) is 6.63. The Hall–Kier alpha value is -3.19. The smallest absolute Gasteiger partial charge is 0.224 e. The van der Waals surface area contributed by atoms with Crippen molar-refractivity contribution in [3.63, 3.8) is 0 Å². The van der Waals surface area contributed by atoms with E-state index in [2.05, 4.69) is 10.3 Å². The summed E-state index contributed by atoms with van der Waals surface area (Å²) in [4.78, 5) is 16.6. The van der Waals surface area contributed by atoms with Crippen molar-refractivity contribution < 1.29 is 17.9 Å². The van der Waals surface area contributed by atoms with Gasteiger partial charge in [-0.2, -0.15) is 0 Å². The number of benzene rings is 2. The summed E-state index contributed by atoms with van der Waals surface area (Å²) in [5.41, 5.74) is 1.38. The summed E-state index contributed by atoms with van der Waals surface area (Å²) in [5.74, 6) is 0.327. The van der Waals surface area contributed by atoms with Gasteiger partial charge in [0.1, 0.15) is 11.0 Å². The normalized spacial score (nSPS) is 12.2. The number of nitrogens with one attached hydrogen (secondary N) is 1. The first-order valence-corrected chi connectivity index (χ1v) is 10.6. The molecule has 0 bridgehead atoms. The van der Waals surface area contributed by atoms with Gasteiger partial charge >= 0.3 is 0 Å². The molecule has 1 aromatic heterocycles. The largest absolute Gasteiger partial charge is 0.497 e. The topological polar surface area (TPSA) is 85.4 Å². The van der Waals surface area contributed by atoms with E-state index in [4.69, 9.17) is 4.74 Å². The number of hydrogen-bond donors (Lipinski definition) is 1. The lowest BCUT2D eigenvalue weighted by atomic mass is 10.1. The van der Waals surface area contributed by atoms with Gasteiger partial charge in [0.25, 0.3) is 0 Å². The van der Waals surface area contributed by atoms with Gasteiger partial charge in [0.05, 0.1) is 18.4 Å². The van der Waals surface area contributed by atoms with Gasteiger partial charge in [-0.25, -0.2) is 8.42 Å². The van der Waals surface area contributed by atoms with Crippen LogP contribution in [0.25, 0.3) is 0 Å². The van der Waals surface area contributed by atoms with Crippen molar-refractivity contribution in [3.8, 4) is 5.75 Å². The number of amides is 1. The lowest BCUT2D eigenvalue weighted by molar-refractivity contribution is -0.120. The van der Waals surface area contributed by atoms with E-state index in [1.807, 2.05) is 30.3 Å². The zero-order valence-corrected chi connectivity index (χ0v) is 16.8. The minimum absolute atomic E-state index is 0.0499. The molecule has 1 heterocycles. The van der Waals surface area contributed by atoms with Crippen LogP contribution in [0.15, 0.2) is 84.0 Å². The Balaban J connectivity index is 1.82. The Morgan fingerprint density at radius 3 is 2.38 bits per heavy atom. The molecule has 0 spiro atoms. The van der Waals surface area contributed by atoms with Crippen molar-refractivity contribution >= 4 is 15.7 Å². The van der Waals surface area contributed by atoms with E-state index in [1.54, 1.807) is 30.5 Å². The van der Waals surface area contributed by atoms with Crippen molar-refractivity contribution in [2.24, 2.45) is 0 Å². The molecule has 0 saturated carbocycles. The zero-order chi connectivity index (χ0) is 20.7. The lowest BCUT2D eigenvalue weighted by Gasteiger charge is -2.19. The third-order valence-electron chi connectivity index (χ3n) is 4.51. The van der Waals surface area contributed by atoms with Crippen LogP contribution in [-0.2, 0) is 21.1 Å². The van der Waals surface area contributed by atoms with Gasteiger partial charge in [-0.05, 0) is 41.5 Å². The first-order chi connectivity index (χ1) is 14.0. The lowest BCUT2D eigenvalue weighted by Crippen LogP contribution is -2.33. The second-order valence-corrected chi connectivity index (χ2v) is 8.59. The molecule has 2 aromatic carbocycles.